The number of nitrogens with zero attached hydrogens (tertiary/aromatic N) is 1. The summed E-state index contributed by atoms with van der Waals surface area (Å²) in [7, 11) is 0. The van der Waals surface area contributed by atoms with E-state index in [4.69, 9.17) is 0 Å². The Labute approximate surface area is 109 Å². The van der Waals surface area contributed by atoms with Crippen LogP contribution < -0.4 is 0 Å². The van der Waals surface area contributed by atoms with Gasteiger partial charge < -0.3 is 0 Å². The van der Waals surface area contributed by atoms with Crippen LogP contribution in [-0.4, -0.2) is 30.3 Å². The Bertz CT molecular complexity index is 317. The van der Waals surface area contributed by atoms with Crippen LogP contribution in [0.25, 0.3) is 0 Å². The zero-order valence-electron chi connectivity index (χ0n) is 11.1. The number of thiophene rings is 1. The van der Waals surface area contributed by atoms with E-state index in [0.717, 1.165) is 18.0 Å². The van der Waals surface area contributed by atoms with Gasteiger partial charge in [-0.3, -0.25) is 9.69 Å². The molecular weight excluding hydrogens is 230 g/mol. The van der Waals surface area contributed by atoms with E-state index < -0.39 is 0 Å². The third-order valence-corrected chi connectivity index (χ3v) is 4.19. The van der Waals surface area contributed by atoms with Crippen LogP contribution >= 0.6 is 11.3 Å². The molecule has 96 valence electrons. The molecule has 0 saturated heterocycles. The molecule has 0 unspecified atom stereocenters. The standard InChI is InChI=1S/C14H23NOS/c1-4-12(5-2)10-15(6-3)11-13(16)14-8-7-9-17-14/h7-9,12H,4-6,10-11H2,1-3H3. The summed E-state index contributed by atoms with van der Waals surface area (Å²) in [6, 6.07) is 3.85. The minimum absolute atomic E-state index is 0.257. The van der Waals surface area contributed by atoms with Gasteiger partial charge in [0, 0.05) is 6.54 Å². The van der Waals surface area contributed by atoms with Gasteiger partial charge in [-0.25, -0.2) is 0 Å². The van der Waals surface area contributed by atoms with Gasteiger partial charge in [-0.05, 0) is 23.9 Å². The summed E-state index contributed by atoms with van der Waals surface area (Å²) in [6.07, 6.45) is 2.39. The van der Waals surface area contributed by atoms with Gasteiger partial charge >= 0.3 is 0 Å². The highest BCUT2D eigenvalue weighted by Gasteiger charge is 2.14. The fraction of sp³-hybridized carbons (Fsp3) is 0.643. The summed E-state index contributed by atoms with van der Waals surface area (Å²) in [6.45, 7) is 9.14. The van der Waals surface area contributed by atoms with Crippen molar-refractivity contribution in [3.8, 4) is 0 Å². The molecule has 17 heavy (non-hydrogen) atoms. The summed E-state index contributed by atoms with van der Waals surface area (Å²) in [5, 5.41) is 1.96. The van der Waals surface area contributed by atoms with Crippen LogP contribution in [0.3, 0.4) is 0 Å². The molecule has 2 nitrogen and oxygen atoms in total. The van der Waals surface area contributed by atoms with Crippen molar-refractivity contribution in [2.24, 2.45) is 5.92 Å². The van der Waals surface area contributed by atoms with E-state index in [1.165, 1.54) is 24.2 Å². The minimum atomic E-state index is 0.257. The lowest BCUT2D eigenvalue weighted by Gasteiger charge is -2.24. The molecule has 0 bridgehead atoms. The van der Waals surface area contributed by atoms with Crippen LogP contribution in [-0.2, 0) is 0 Å². The first-order chi connectivity index (χ1) is 8.21. The monoisotopic (exact) mass is 253 g/mol. The van der Waals surface area contributed by atoms with Crippen molar-refractivity contribution in [3.63, 3.8) is 0 Å². The molecule has 0 aliphatic carbocycles. The summed E-state index contributed by atoms with van der Waals surface area (Å²) in [5.41, 5.74) is 0. The van der Waals surface area contributed by atoms with E-state index in [9.17, 15) is 4.79 Å². The zero-order valence-corrected chi connectivity index (χ0v) is 11.9. The first-order valence-corrected chi connectivity index (χ1v) is 7.38. The fourth-order valence-corrected chi connectivity index (χ4v) is 2.59. The predicted octanol–water partition coefficient (Wildman–Crippen LogP) is 3.69. The molecule has 0 N–H and O–H groups in total. The topological polar surface area (TPSA) is 20.3 Å². The van der Waals surface area contributed by atoms with Crippen LogP contribution in [0.4, 0.5) is 0 Å². The van der Waals surface area contributed by atoms with Crippen LogP contribution in [0.2, 0.25) is 0 Å². The second kappa shape index (κ2) is 7.62. The Hall–Kier alpha value is -0.670. The van der Waals surface area contributed by atoms with Gasteiger partial charge in [-0.1, -0.05) is 39.7 Å². The maximum Gasteiger partial charge on any atom is 0.186 e. The van der Waals surface area contributed by atoms with E-state index in [1.54, 1.807) is 0 Å². The fourth-order valence-electron chi connectivity index (χ4n) is 1.94. The smallest absolute Gasteiger partial charge is 0.186 e. The number of hydrogen-bond donors (Lipinski definition) is 0. The van der Waals surface area contributed by atoms with Crippen molar-refractivity contribution >= 4 is 17.1 Å². The van der Waals surface area contributed by atoms with Crippen LogP contribution in [0.5, 0.6) is 0 Å². The molecule has 0 saturated carbocycles. The van der Waals surface area contributed by atoms with Crippen LogP contribution in [0.1, 0.15) is 43.3 Å². The summed E-state index contributed by atoms with van der Waals surface area (Å²) in [4.78, 5) is 15.1. The van der Waals surface area contributed by atoms with Gasteiger partial charge in [-0.2, -0.15) is 0 Å². The molecule has 0 fully saturated rings. The number of rotatable bonds is 8. The Morgan fingerprint density at radius 1 is 1.35 bits per heavy atom. The predicted molar refractivity (Wildman–Crippen MR) is 74.8 cm³/mol. The largest absolute Gasteiger partial charge is 0.296 e. The molecule has 0 spiro atoms. The molecule has 1 heterocycles. The maximum absolute atomic E-state index is 12.0. The Balaban J connectivity index is 2.49. The van der Waals surface area contributed by atoms with Gasteiger partial charge in [0.2, 0.25) is 0 Å². The number of carbonyl (C=O) groups is 1. The number of hydrogen-bond acceptors (Lipinski definition) is 3. The number of Topliss-reactive ketones (excluding diaryl/α,β-unsaturated/α-hetero) is 1. The number of likely N-dealkylation sites (N-methyl/N-ethyl adjacent to an activating group) is 1. The molecule has 0 radical (unpaired) electrons. The number of ketones is 1. The Morgan fingerprint density at radius 2 is 2.06 bits per heavy atom. The quantitative estimate of drug-likeness (QED) is 0.659. The summed E-state index contributed by atoms with van der Waals surface area (Å²) >= 11 is 1.54. The highest BCUT2D eigenvalue weighted by molar-refractivity contribution is 7.12. The van der Waals surface area contributed by atoms with Crippen molar-refractivity contribution in [2.75, 3.05) is 19.6 Å². The maximum atomic E-state index is 12.0. The molecule has 0 aliphatic heterocycles. The lowest BCUT2D eigenvalue weighted by atomic mass is 10.0. The Morgan fingerprint density at radius 3 is 2.53 bits per heavy atom. The SMILES string of the molecule is CCC(CC)CN(CC)CC(=O)c1cccs1. The third-order valence-electron chi connectivity index (χ3n) is 3.28. The van der Waals surface area contributed by atoms with Gasteiger partial charge in [0.05, 0.1) is 11.4 Å². The molecule has 0 amide bonds. The first-order valence-electron chi connectivity index (χ1n) is 6.50. The normalized spacial score (nSPS) is 11.4. The summed E-state index contributed by atoms with van der Waals surface area (Å²) < 4.78 is 0. The molecule has 3 heteroatoms. The van der Waals surface area contributed by atoms with Crippen LogP contribution in [0.15, 0.2) is 17.5 Å². The van der Waals surface area contributed by atoms with Gasteiger partial charge in [0.25, 0.3) is 0 Å². The molecule has 0 aromatic carbocycles. The zero-order chi connectivity index (χ0) is 12.7. The van der Waals surface area contributed by atoms with E-state index in [0.29, 0.717) is 12.5 Å². The van der Waals surface area contributed by atoms with E-state index >= 15 is 0 Å². The molecule has 0 atom stereocenters. The molecule has 0 aliphatic rings. The van der Waals surface area contributed by atoms with Crippen molar-refractivity contribution in [1.29, 1.82) is 0 Å². The first kappa shape index (κ1) is 14.4. The lowest BCUT2D eigenvalue weighted by molar-refractivity contribution is 0.0924. The van der Waals surface area contributed by atoms with E-state index in [2.05, 4.69) is 25.7 Å². The Kier molecular flexibility index (Phi) is 6.45. The van der Waals surface area contributed by atoms with E-state index in [1.807, 2.05) is 17.5 Å². The highest BCUT2D eigenvalue weighted by atomic mass is 32.1. The third kappa shape index (κ3) is 4.60. The molecule has 1 rings (SSSR count). The van der Waals surface area contributed by atoms with Crippen molar-refractivity contribution in [1.82, 2.24) is 4.90 Å². The second-order valence-corrected chi connectivity index (χ2v) is 5.36. The lowest BCUT2D eigenvalue weighted by Crippen LogP contribution is -2.33. The average Bonchev–Trinajstić information content (AvgIpc) is 2.88. The molecular formula is C14H23NOS. The van der Waals surface area contributed by atoms with Crippen molar-refractivity contribution in [2.45, 2.75) is 33.6 Å². The van der Waals surface area contributed by atoms with E-state index in [-0.39, 0.29) is 5.78 Å². The van der Waals surface area contributed by atoms with Gasteiger partial charge in [-0.15, -0.1) is 11.3 Å². The van der Waals surface area contributed by atoms with Crippen LogP contribution in [0, 0.1) is 5.92 Å². The second-order valence-electron chi connectivity index (χ2n) is 4.41. The highest BCUT2D eigenvalue weighted by Crippen LogP contribution is 2.13. The average molecular weight is 253 g/mol. The molecule has 1 aromatic rings. The van der Waals surface area contributed by atoms with Crippen molar-refractivity contribution < 1.29 is 4.79 Å². The minimum Gasteiger partial charge on any atom is -0.296 e. The van der Waals surface area contributed by atoms with Gasteiger partial charge in [0.15, 0.2) is 5.78 Å². The van der Waals surface area contributed by atoms with Crippen molar-refractivity contribution in [3.05, 3.63) is 22.4 Å². The number of carbonyl (C=O) groups excluding carboxylic acids is 1. The summed E-state index contributed by atoms with van der Waals surface area (Å²) in [5.74, 6) is 0.971. The van der Waals surface area contributed by atoms with Gasteiger partial charge in [0.1, 0.15) is 0 Å². The molecule has 1 aromatic heterocycles.